The maximum atomic E-state index is 14.1. The van der Waals surface area contributed by atoms with Crippen molar-refractivity contribution in [2.24, 2.45) is 0 Å². The van der Waals surface area contributed by atoms with E-state index in [2.05, 4.69) is 12.2 Å². The minimum atomic E-state index is -1.02. The Balaban J connectivity index is 1.86. The topological polar surface area (TPSA) is 46.2 Å². The maximum Gasteiger partial charge on any atom is 0.224 e. The van der Waals surface area contributed by atoms with Gasteiger partial charge in [0.25, 0.3) is 0 Å². The van der Waals surface area contributed by atoms with Crippen LogP contribution in [0.1, 0.15) is 69.6 Å². The van der Waals surface area contributed by atoms with Crippen LogP contribution in [0.25, 0.3) is 17.2 Å². The molecule has 1 amide bonds. The summed E-state index contributed by atoms with van der Waals surface area (Å²) in [6.07, 6.45) is 8.32. The first-order valence-electron chi connectivity index (χ1n) is 11.2. The van der Waals surface area contributed by atoms with Gasteiger partial charge in [-0.05, 0) is 84.0 Å². The molecule has 0 saturated heterocycles. The van der Waals surface area contributed by atoms with E-state index >= 15 is 0 Å². The van der Waals surface area contributed by atoms with Gasteiger partial charge in [0.15, 0.2) is 0 Å². The molecule has 1 N–H and O–H groups in total. The Morgan fingerprint density at radius 1 is 1.12 bits per heavy atom. The Hall–Kier alpha value is -2.53. The highest BCUT2D eigenvalue weighted by Crippen LogP contribution is 2.43. The number of hydrogen-bond donors (Lipinski definition) is 1. The SMILES string of the molecule is CCCCCC(C)NC(=O)CC1=C(C)/C(=C/c2ccc(S(C)=O)cc2)c2ccc(F)cc21. The van der Waals surface area contributed by atoms with Crippen molar-refractivity contribution in [1.82, 2.24) is 5.32 Å². The van der Waals surface area contributed by atoms with Crippen LogP contribution < -0.4 is 5.32 Å². The first kappa shape index (κ1) is 24.1. The normalized spacial score (nSPS) is 16.2. The van der Waals surface area contributed by atoms with Crippen LogP contribution in [0.2, 0.25) is 0 Å². The minimum Gasteiger partial charge on any atom is -0.353 e. The van der Waals surface area contributed by atoms with Gasteiger partial charge in [-0.3, -0.25) is 9.00 Å². The molecule has 0 aromatic heterocycles. The zero-order chi connectivity index (χ0) is 23.3. The largest absolute Gasteiger partial charge is 0.353 e. The molecule has 5 heteroatoms. The summed E-state index contributed by atoms with van der Waals surface area (Å²) in [6, 6.07) is 12.5. The Morgan fingerprint density at radius 2 is 1.84 bits per heavy atom. The second kappa shape index (κ2) is 10.9. The van der Waals surface area contributed by atoms with Crippen molar-refractivity contribution in [3.8, 4) is 0 Å². The number of benzene rings is 2. The van der Waals surface area contributed by atoms with Crippen molar-refractivity contribution in [3.05, 3.63) is 70.5 Å². The molecule has 0 radical (unpaired) electrons. The molecule has 0 spiro atoms. The Morgan fingerprint density at radius 3 is 2.50 bits per heavy atom. The van der Waals surface area contributed by atoms with Gasteiger partial charge in [0.1, 0.15) is 5.82 Å². The van der Waals surface area contributed by atoms with Crippen LogP contribution in [0.5, 0.6) is 0 Å². The Labute approximate surface area is 193 Å². The van der Waals surface area contributed by atoms with Gasteiger partial charge in [-0.1, -0.05) is 44.4 Å². The third-order valence-corrected chi connectivity index (χ3v) is 6.90. The summed E-state index contributed by atoms with van der Waals surface area (Å²) in [6.45, 7) is 6.20. The Kier molecular flexibility index (Phi) is 8.19. The fourth-order valence-corrected chi connectivity index (χ4v) is 4.68. The fourth-order valence-electron chi connectivity index (χ4n) is 4.16. The molecule has 2 aromatic rings. The van der Waals surface area contributed by atoms with Crippen molar-refractivity contribution in [2.45, 2.75) is 63.8 Å². The van der Waals surface area contributed by atoms with E-state index in [0.717, 1.165) is 57.6 Å². The van der Waals surface area contributed by atoms with Gasteiger partial charge in [0.05, 0.1) is 6.42 Å². The molecule has 3 rings (SSSR count). The molecular weight excluding hydrogens is 421 g/mol. The summed E-state index contributed by atoms with van der Waals surface area (Å²) in [5.74, 6) is -0.340. The summed E-state index contributed by atoms with van der Waals surface area (Å²) in [5, 5.41) is 3.10. The smallest absolute Gasteiger partial charge is 0.224 e. The summed E-state index contributed by atoms with van der Waals surface area (Å²) in [4.78, 5) is 13.5. The number of halogens is 1. The van der Waals surface area contributed by atoms with Crippen LogP contribution >= 0.6 is 0 Å². The number of allylic oxidation sites excluding steroid dienone is 2. The maximum absolute atomic E-state index is 14.1. The highest BCUT2D eigenvalue weighted by molar-refractivity contribution is 7.84. The third-order valence-electron chi connectivity index (χ3n) is 5.96. The Bertz CT molecular complexity index is 1070. The van der Waals surface area contributed by atoms with E-state index in [9.17, 15) is 13.4 Å². The van der Waals surface area contributed by atoms with Crippen LogP contribution in [0.15, 0.2) is 52.9 Å². The van der Waals surface area contributed by atoms with E-state index in [-0.39, 0.29) is 24.2 Å². The van der Waals surface area contributed by atoms with Gasteiger partial charge in [-0.15, -0.1) is 0 Å². The van der Waals surface area contributed by atoms with Crippen molar-refractivity contribution >= 4 is 33.9 Å². The number of rotatable bonds is 9. The molecule has 2 atom stereocenters. The molecule has 2 unspecified atom stereocenters. The predicted molar refractivity (Wildman–Crippen MR) is 132 cm³/mol. The molecule has 0 fully saturated rings. The fraction of sp³-hybridized carbons (Fsp3) is 0.370. The van der Waals surface area contributed by atoms with Gasteiger partial charge in [-0.2, -0.15) is 0 Å². The van der Waals surface area contributed by atoms with Crippen LogP contribution in [-0.4, -0.2) is 22.4 Å². The van der Waals surface area contributed by atoms with E-state index in [1.54, 1.807) is 12.3 Å². The molecule has 0 bridgehead atoms. The summed E-state index contributed by atoms with van der Waals surface area (Å²) in [5.41, 5.74) is 5.54. The van der Waals surface area contributed by atoms with Crippen LogP contribution in [0.3, 0.4) is 0 Å². The van der Waals surface area contributed by atoms with Crippen LogP contribution in [0, 0.1) is 5.82 Å². The van der Waals surface area contributed by atoms with Gasteiger partial charge in [0.2, 0.25) is 5.91 Å². The second-order valence-corrected chi connectivity index (χ2v) is 9.90. The first-order chi connectivity index (χ1) is 15.3. The van der Waals surface area contributed by atoms with Crippen molar-refractivity contribution < 1.29 is 13.4 Å². The highest BCUT2D eigenvalue weighted by atomic mass is 32.2. The quantitative estimate of drug-likeness (QED) is 0.449. The average Bonchev–Trinajstić information content (AvgIpc) is 2.99. The molecule has 0 heterocycles. The van der Waals surface area contributed by atoms with Crippen molar-refractivity contribution in [1.29, 1.82) is 0 Å². The molecule has 3 nitrogen and oxygen atoms in total. The lowest BCUT2D eigenvalue weighted by Crippen LogP contribution is -2.32. The molecule has 32 heavy (non-hydrogen) atoms. The lowest BCUT2D eigenvalue weighted by atomic mass is 10.0. The number of unbranched alkanes of at least 4 members (excludes halogenated alkanes) is 2. The standard InChI is InChI=1S/C27H32FNO2S/c1-5-6-7-8-18(2)29-27(30)17-25-19(3)24(23-14-11-21(28)16-26(23)25)15-20-9-12-22(13-10-20)32(4)31/h9-16,18H,5-8,17H2,1-4H3,(H,29,30)/b24-15-. The second-order valence-electron chi connectivity index (χ2n) is 8.52. The minimum absolute atomic E-state index is 0.0328. The van der Waals surface area contributed by atoms with Crippen molar-refractivity contribution in [3.63, 3.8) is 0 Å². The lowest BCUT2D eigenvalue weighted by Gasteiger charge is -2.14. The molecule has 170 valence electrons. The number of fused-ring (bicyclic) bond motifs is 1. The number of amides is 1. The first-order valence-corrected chi connectivity index (χ1v) is 12.8. The molecule has 0 saturated carbocycles. The van der Waals surface area contributed by atoms with E-state index < -0.39 is 10.8 Å². The number of carbonyl (C=O) groups excluding carboxylic acids is 1. The van der Waals surface area contributed by atoms with Crippen LogP contribution in [-0.2, 0) is 15.6 Å². The summed E-state index contributed by atoms with van der Waals surface area (Å²) >= 11 is 0. The summed E-state index contributed by atoms with van der Waals surface area (Å²) < 4.78 is 25.7. The number of hydrogen-bond acceptors (Lipinski definition) is 2. The number of nitrogens with one attached hydrogen (secondary N) is 1. The lowest BCUT2D eigenvalue weighted by molar-refractivity contribution is -0.120. The van der Waals surface area contributed by atoms with Gasteiger partial charge >= 0.3 is 0 Å². The van der Waals surface area contributed by atoms with E-state index in [1.807, 2.05) is 44.2 Å². The van der Waals surface area contributed by atoms with Crippen LogP contribution in [0.4, 0.5) is 4.39 Å². The highest BCUT2D eigenvalue weighted by Gasteiger charge is 2.26. The average molecular weight is 454 g/mol. The third kappa shape index (κ3) is 5.83. The monoisotopic (exact) mass is 453 g/mol. The van der Waals surface area contributed by atoms with Gasteiger partial charge in [-0.25, -0.2) is 4.39 Å². The van der Waals surface area contributed by atoms with E-state index in [0.29, 0.717) is 0 Å². The molecule has 1 aliphatic carbocycles. The van der Waals surface area contributed by atoms with E-state index in [1.165, 1.54) is 18.6 Å². The predicted octanol–water partition coefficient (Wildman–Crippen LogP) is 6.37. The molecule has 2 aromatic carbocycles. The zero-order valence-electron chi connectivity index (χ0n) is 19.3. The van der Waals surface area contributed by atoms with Gasteiger partial charge < -0.3 is 5.32 Å². The van der Waals surface area contributed by atoms with Gasteiger partial charge in [0, 0.05) is 28.0 Å². The number of carbonyl (C=O) groups is 1. The van der Waals surface area contributed by atoms with Crippen molar-refractivity contribution in [2.75, 3.05) is 6.26 Å². The molecule has 1 aliphatic rings. The summed E-state index contributed by atoms with van der Waals surface area (Å²) in [7, 11) is -1.02. The molecular formula is C27H32FNO2S. The zero-order valence-corrected chi connectivity index (χ0v) is 20.2. The molecule has 0 aliphatic heterocycles. The van der Waals surface area contributed by atoms with E-state index in [4.69, 9.17) is 0 Å².